The summed E-state index contributed by atoms with van der Waals surface area (Å²) in [6, 6.07) is 1.78. The van der Waals surface area contributed by atoms with E-state index in [1.807, 2.05) is 6.92 Å². The lowest BCUT2D eigenvalue weighted by Crippen LogP contribution is -2.49. The van der Waals surface area contributed by atoms with Crippen LogP contribution in [0.5, 0.6) is 0 Å². The van der Waals surface area contributed by atoms with Crippen molar-refractivity contribution in [1.82, 2.24) is 4.90 Å². The number of hydrogen-bond acceptors (Lipinski definition) is 9. The van der Waals surface area contributed by atoms with E-state index in [0.29, 0.717) is 11.4 Å². The highest BCUT2D eigenvalue weighted by Gasteiger charge is 2.54. The molecule has 0 unspecified atom stereocenters. The fraction of sp³-hybridized carbons (Fsp3) is 0.667. The summed E-state index contributed by atoms with van der Waals surface area (Å²) in [6.45, 7) is 12.6. The van der Waals surface area contributed by atoms with Crippen molar-refractivity contribution in [2.24, 2.45) is 16.0 Å². The number of hydrogen-bond donors (Lipinski definition) is 0. The molecule has 2 aliphatic rings. The van der Waals surface area contributed by atoms with Crippen molar-refractivity contribution in [2.75, 3.05) is 12.4 Å². The van der Waals surface area contributed by atoms with Crippen LogP contribution in [0.1, 0.15) is 53.3 Å². The van der Waals surface area contributed by atoms with Crippen LogP contribution >= 0.6 is 23.1 Å². The van der Waals surface area contributed by atoms with Crippen LogP contribution in [-0.2, 0) is 19.7 Å². The average molecular weight is 496 g/mol. The summed E-state index contributed by atoms with van der Waals surface area (Å²) >= 11 is 2.69. The highest BCUT2D eigenvalue weighted by atomic mass is 32.2. The molecule has 2 amide bonds. The van der Waals surface area contributed by atoms with Gasteiger partial charge in [0, 0.05) is 32.5 Å². The molecule has 180 valence electrons. The average Bonchev–Trinajstić information content (AvgIpc) is 3.25. The first kappa shape index (κ1) is 25.4. The quantitative estimate of drug-likeness (QED) is 0.273. The van der Waals surface area contributed by atoms with Crippen LogP contribution in [-0.4, -0.2) is 51.9 Å². The van der Waals surface area contributed by atoms with Gasteiger partial charge in [-0.15, -0.1) is 11.3 Å². The zero-order chi connectivity index (χ0) is 24.6. The summed E-state index contributed by atoms with van der Waals surface area (Å²) in [4.78, 5) is 35.7. The number of imide groups is 1. The van der Waals surface area contributed by atoms with Gasteiger partial charge in [-0.25, -0.2) is 14.6 Å². The van der Waals surface area contributed by atoms with Crippen LogP contribution in [0.4, 0.5) is 15.3 Å². The third-order valence-corrected chi connectivity index (χ3v) is 7.09. The summed E-state index contributed by atoms with van der Waals surface area (Å²) in [6.07, 6.45) is -1.79. The molecule has 0 aliphatic carbocycles. The number of amides is 2. The Morgan fingerprint density at radius 2 is 1.85 bits per heavy atom. The highest BCUT2D eigenvalue weighted by molar-refractivity contribution is 8.13. The lowest BCUT2D eigenvalue weighted by Gasteiger charge is -2.37. The van der Waals surface area contributed by atoms with Gasteiger partial charge >= 0.3 is 12.2 Å². The molecular formula is C21H29N5O5S2. The minimum Gasteiger partial charge on any atom is -0.443 e. The number of nitrogens with zero attached hydrogens (tertiary/aromatic N) is 5. The number of fused-ring (bicyclic) bond motifs is 1. The second-order valence-electron chi connectivity index (χ2n) is 9.91. The molecule has 0 bridgehead atoms. The number of carbonyl (C=O) groups excluding carboxylic acids is 2. The maximum atomic E-state index is 13.1. The van der Waals surface area contributed by atoms with Gasteiger partial charge in [0.1, 0.15) is 16.7 Å². The van der Waals surface area contributed by atoms with E-state index in [2.05, 4.69) is 10.0 Å². The Balaban J connectivity index is 2.08. The second kappa shape index (κ2) is 9.17. The molecule has 0 saturated carbocycles. The van der Waals surface area contributed by atoms with Gasteiger partial charge in [0.05, 0.1) is 12.7 Å². The molecule has 10 nitrogen and oxygen atoms in total. The first-order valence-corrected chi connectivity index (χ1v) is 12.4. The first-order valence-electron chi connectivity index (χ1n) is 10.5. The van der Waals surface area contributed by atoms with Gasteiger partial charge in [-0.3, -0.25) is 0 Å². The Morgan fingerprint density at radius 3 is 2.39 bits per heavy atom. The Hall–Kier alpha value is -2.27. The molecule has 3 rings (SSSR count). The minimum absolute atomic E-state index is 0.00272. The molecule has 12 heteroatoms. The molecule has 1 saturated heterocycles. The second-order valence-corrected chi connectivity index (χ2v) is 11.8. The summed E-state index contributed by atoms with van der Waals surface area (Å²) in [5, 5.41) is 5.62. The molecule has 0 N–H and O–H groups in total. The fourth-order valence-corrected chi connectivity index (χ4v) is 5.95. The smallest absolute Gasteiger partial charge is 0.426 e. The largest absolute Gasteiger partial charge is 0.443 e. The molecule has 1 aromatic heterocycles. The Labute approximate surface area is 201 Å². The van der Waals surface area contributed by atoms with Crippen LogP contribution in [0.25, 0.3) is 10.4 Å². The molecule has 3 heterocycles. The zero-order valence-electron chi connectivity index (χ0n) is 19.8. The molecule has 2 aliphatic heterocycles. The molecule has 0 spiro atoms. The van der Waals surface area contributed by atoms with E-state index in [9.17, 15) is 9.59 Å². The zero-order valence-corrected chi connectivity index (χ0v) is 21.5. The Morgan fingerprint density at radius 1 is 1.24 bits per heavy atom. The molecule has 1 aromatic rings. The Bertz CT molecular complexity index is 977. The molecule has 1 fully saturated rings. The van der Waals surface area contributed by atoms with Gasteiger partial charge in [-0.2, -0.15) is 4.90 Å². The number of amidine groups is 1. The van der Waals surface area contributed by atoms with E-state index in [-0.39, 0.29) is 23.8 Å². The van der Waals surface area contributed by atoms with Crippen LogP contribution in [0.2, 0.25) is 0 Å². The van der Waals surface area contributed by atoms with Gasteiger partial charge in [0.2, 0.25) is 0 Å². The van der Waals surface area contributed by atoms with Crippen LogP contribution < -0.4 is 0 Å². The standard InChI is InChI=1S/C21H29N5O5S2/c1-12-14-10-33-16(23-21(14,11-29-12)15-8-13(9-32-15)24-25-22)26(17(27)30-19(2,3)4)18(28)31-20(5,6)7/h8-9,12,14H,10-11H2,1-7H3/t12-,14-,21+/m1/s1. The van der Waals surface area contributed by atoms with Gasteiger partial charge in [0.25, 0.3) is 0 Å². The number of aliphatic imine (C=N–C) groups is 1. The van der Waals surface area contributed by atoms with Crippen molar-refractivity contribution in [1.29, 1.82) is 0 Å². The van der Waals surface area contributed by atoms with Crippen LogP contribution in [0, 0.1) is 5.92 Å². The van der Waals surface area contributed by atoms with E-state index in [4.69, 9.17) is 24.7 Å². The number of thiophene rings is 1. The SMILES string of the molecule is C[C@H]1OC[C@]2(c3cc(N=[N+]=[N-])cs3)N=C(N(C(=O)OC(C)(C)C)C(=O)OC(C)(C)C)SC[C@H]12. The number of azide groups is 1. The van der Waals surface area contributed by atoms with E-state index in [1.54, 1.807) is 53.0 Å². The lowest BCUT2D eigenvalue weighted by atomic mass is 9.84. The summed E-state index contributed by atoms with van der Waals surface area (Å²) < 4.78 is 17.0. The summed E-state index contributed by atoms with van der Waals surface area (Å²) in [5.74, 6) is 0.569. The van der Waals surface area contributed by atoms with Crippen molar-refractivity contribution in [3.63, 3.8) is 0 Å². The molecule has 0 aromatic carbocycles. The van der Waals surface area contributed by atoms with Crippen molar-refractivity contribution in [3.05, 3.63) is 26.8 Å². The van der Waals surface area contributed by atoms with Crippen LogP contribution in [0.15, 0.2) is 21.6 Å². The van der Waals surface area contributed by atoms with E-state index in [0.717, 1.165) is 9.78 Å². The van der Waals surface area contributed by atoms with Crippen molar-refractivity contribution in [2.45, 2.75) is 71.3 Å². The van der Waals surface area contributed by atoms with Crippen molar-refractivity contribution >= 4 is 46.1 Å². The summed E-state index contributed by atoms with van der Waals surface area (Å²) in [5.41, 5.74) is 6.81. The number of ether oxygens (including phenoxy) is 3. The summed E-state index contributed by atoms with van der Waals surface area (Å²) in [7, 11) is 0. The topological polar surface area (TPSA) is 126 Å². The molecule has 0 radical (unpaired) electrons. The van der Waals surface area contributed by atoms with Crippen molar-refractivity contribution in [3.8, 4) is 0 Å². The fourth-order valence-electron chi connectivity index (χ4n) is 3.55. The van der Waals surface area contributed by atoms with Gasteiger partial charge in [0.15, 0.2) is 5.17 Å². The predicted molar refractivity (Wildman–Crippen MR) is 128 cm³/mol. The number of rotatable bonds is 2. The molecule has 3 atom stereocenters. The highest BCUT2D eigenvalue weighted by Crippen LogP contribution is 2.50. The lowest BCUT2D eigenvalue weighted by molar-refractivity contribution is 0.0150. The minimum atomic E-state index is -0.857. The maximum Gasteiger partial charge on any atom is 0.426 e. The van der Waals surface area contributed by atoms with Crippen LogP contribution in [0.3, 0.4) is 0 Å². The first-order chi connectivity index (χ1) is 15.3. The normalized spacial score (nSPS) is 24.9. The third kappa shape index (κ3) is 5.63. The maximum absolute atomic E-state index is 13.1. The van der Waals surface area contributed by atoms with E-state index < -0.39 is 28.9 Å². The molecular weight excluding hydrogens is 466 g/mol. The van der Waals surface area contributed by atoms with Gasteiger partial charge in [-0.05, 0) is 60.1 Å². The van der Waals surface area contributed by atoms with Crippen molar-refractivity contribution < 1.29 is 23.8 Å². The van der Waals surface area contributed by atoms with Gasteiger partial charge < -0.3 is 14.2 Å². The predicted octanol–water partition coefficient (Wildman–Crippen LogP) is 6.20. The van der Waals surface area contributed by atoms with E-state index in [1.165, 1.54) is 23.1 Å². The monoisotopic (exact) mass is 495 g/mol. The Kier molecular flexibility index (Phi) is 7.05. The van der Waals surface area contributed by atoms with E-state index >= 15 is 0 Å². The number of thioether (sulfide) groups is 1. The number of carbonyl (C=O) groups is 2. The third-order valence-electron chi connectivity index (χ3n) is 4.95. The molecule has 33 heavy (non-hydrogen) atoms. The van der Waals surface area contributed by atoms with Gasteiger partial charge in [-0.1, -0.05) is 16.9 Å².